The van der Waals surface area contributed by atoms with Gasteiger partial charge in [-0.1, -0.05) is 12.1 Å². The van der Waals surface area contributed by atoms with Gasteiger partial charge in [0.2, 0.25) is 5.91 Å². The molecule has 1 aromatic heterocycles. The summed E-state index contributed by atoms with van der Waals surface area (Å²) in [7, 11) is 2.91. The Kier molecular flexibility index (Phi) is 5.78. The average Bonchev–Trinajstić information content (AvgIpc) is 3.02. The molecule has 0 spiro atoms. The summed E-state index contributed by atoms with van der Waals surface area (Å²) >= 11 is 0. The molecule has 28 heavy (non-hydrogen) atoms. The van der Waals surface area contributed by atoms with Gasteiger partial charge in [-0.25, -0.2) is 9.59 Å². The van der Waals surface area contributed by atoms with E-state index in [4.69, 9.17) is 4.42 Å². The van der Waals surface area contributed by atoms with Gasteiger partial charge in [0.15, 0.2) is 5.58 Å². The molecular weight excluding hydrogens is 362 g/mol. The lowest BCUT2D eigenvalue weighted by Crippen LogP contribution is -2.25. The van der Waals surface area contributed by atoms with E-state index in [0.717, 1.165) is 5.52 Å². The number of carbonyl (C=O) groups excluding carboxylic acids is 2. The third-order valence-electron chi connectivity index (χ3n) is 4.35. The first-order valence-electron chi connectivity index (χ1n) is 8.79. The fourth-order valence-corrected chi connectivity index (χ4v) is 2.86. The van der Waals surface area contributed by atoms with E-state index < -0.39 is 11.8 Å². The monoisotopic (exact) mass is 383 g/mol. The first-order chi connectivity index (χ1) is 13.5. The molecule has 0 aliphatic heterocycles. The molecule has 0 radical (unpaired) electrons. The van der Waals surface area contributed by atoms with Crippen LogP contribution in [-0.2, 0) is 16.1 Å². The van der Waals surface area contributed by atoms with Gasteiger partial charge in [-0.05, 0) is 42.8 Å². The number of para-hydroxylation sites is 2. The minimum Gasteiger partial charge on any atom is -0.452 e. The van der Waals surface area contributed by atoms with Gasteiger partial charge in [-0.3, -0.25) is 14.3 Å². The lowest BCUT2D eigenvalue weighted by molar-refractivity contribution is -0.116. The van der Waals surface area contributed by atoms with Crippen LogP contribution in [0.4, 0.5) is 16.2 Å². The maximum absolute atomic E-state index is 12.2. The van der Waals surface area contributed by atoms with E-state index in [-0.39, 0.29) is 12.3 Å². The van der Waals surface area contributed by atoms with Crippen LogP contribution in [0.3, 0.4) is 0 Å². The summed E-state index contributed by atoms with van der Waals surface area (Å²) in [6.07, 6.45) is 0.285. The van der Waals surface area contributed by atoms with Crippen molar-refractivity contribution in [2.75, 3.05) is 24.4 Å². The topological polar surface area (TPSA) is 93.8 Å². The second-order valence-corrected chi connectivity index (χ2v) is 6.21. The third kappa shape index (κ3) is 4.22. The number of rotatable bonds is 6. The average molecular weight is 383 g/mol. The molecule has 0 aliphatic rings. The van der Waals surface area contributed by atoms with Crippen LogP contribution in [0, 0.1) is 0 Å². The number of amides is 2. The zero-order valence-corrected chi connectivity index (χ0v) is 15.7. The second-order valence-electron chi connectivity index (χ2n) is 6.21. The number of anilines is 2. The highest BCUT2D eigenvalue weighted by atomic mass is 16.5. The van der Waals surface area contributed by atoms with Crippen molar-refractivity contribution in [2.24, 2.45) is 0 Å². The minimum atomic E-state index is -0.473. The zero-order valence-electron chi connectivity index (χ0n) is 15.7. The van der Waals surface area contributed by atoms with Crippen LogP contribution in [0.1, 0.15) is 12.8 Å². The van der Waals surface area contributed by atoms with E-state index in [1.165, 1.54) is 16.6 Å². The van der Waals surface area contributed by atoms with Gasteiger partial charge < -0.3 is 14.5 Å². The van der Waals surface area contributed by atoms with Gasteiger partial charge in [-0.2, -0.15) is 0 Å². The van der Waals surface area contributed by atoms with Crippen molar-refractivity contribution in [3.05, 3.63) is 59.1 Å². The number of aromatic nitrogens is 1. The number of oxazole rings is 1. The van der Waals surface area contributed by atoms with Crippen molar-refractivity contribution < 1.29 is 18.7 Å². The van der Waals surface area contributed by atoms with E-state index in [9.17, 15) is 14.4 Å². The highest BCUT2D eigenvalue weighted by Gasteiger charge is 2.11. The molecule has 1 heterocycles. The largest absolute Gasteiger partial charge is 0.452 e. The fourth-order valence-electron chi connectivity index (χ4n) is 2.86. The quantitative estimate of drug-likeness (QED) is 0.705. The lowest BCUT2D eigenvalue weighted by Gasteiger charge is -2.16. The molecule has 0 fully saturated rings. The Labute approximate surface area is 161 Å². The molecule has 2 amide bonds. The summed E-state index contributed by atoms with van der Waals surface area (Å²) in [4.78, 5) is 36.9. The molecule has 8 heteroatoms. The Hall–Kier alpha value is -3.55. The number of aryl methyl sites for hydroxylation is 1. The molecule has 0 atom stereocenters. The van der Waals surface area contributed by atoms with Gasteiger partial charge in [0.25, 0.3) is 0 Å². The standard InChI is InChI=1S/C20H21N3O5/c1-22(19(25)27-2)15-11-9-14(10-12-15)21-18(24)8-5-13-23-16-6-3-4-7-17(16)28-20(23)26/h3-4,6-7,9-12H,5,8,13H2,1-2H3,(H,21,24). The fraction of sp³-hybridized carbons (Fsp3) is 0.250. The number of nitrogens with one attached hydrogen (secondary N) is 1. The second kappa shape index (κ2) is 8.43. The molecule has 0 unspecified atom stereocenters. The van der Waals surface area contributed by atoms with Crippen LogP contribution >= 0.6 is 0 Å². The normalized spacial score (nSPS) is 10.6. The molecule has 0 bridgehead atoms. The Morgan fingerprint density at radius 3 is 2.57 bits per heavy atom. The predicted molar refractivity (Wildman–Crippen MR) is 106 cm³/mol. The molecule has 0 aliphatic carbocycles. The number of carbonyl (C=O) groups is 2. The Morgan fingerprint density at radius 1 is 1.14 bits per heavy atom. The van der Waals surface area contributed by atoms with Crippen molar-refractivity contribution in [1.82, 2.24) is 4.57 Å². The van der Waals surface area contributed by atoms with E-state index in [2.05, 4.69) is 10.1 Å². The molecule has 0 saturated carbocycles. The van der Waals surface area contributed by atoms with Gasteiger partial charge >= 0.3 is 11.8 Å². The smallest absolute Gasteiger partial charge is 0.419 e. The molecule has 0 saturated heterocycles. The number of ether oxygens (including phenoxy) is 1. The van der Waals surface area contributed by atoms with E-state index in [1.807, 2.05) is 12.1 Å². The van der Waals surface area contributed by atoms with Crippen LogP contribution in [0.2, 0.25) is 0 Å². The predicted octanol–water partition coefficient (Wildman–Crippen LogP) is 3.22. The van der Waals surface area contributed by atoms with Crippen LogP contribution in [0.15, 0.2) is 57.7 Å². The van der Waals surface area contributed by atoms with Crippen molar-refractivity contribution in [3.8, 4) is 0 Å². The van der Waals surface area contributed by atoms with Crippen LogP contribution in [0.5, 0.6) is 0 Å². The maximum atomic E-state index is 12.2. The summed E-state index contributed by atoms with van der Waals surface area (Å²) in [5, 5.41) is 2.80. The van der Waals surface area contributed by atoms with Crippen LogP contribution < -0.4 is 16.0 Å². The number of hydrogen-bond acceptors (Lipinski definition) is 5. The van der Waals surface area contributed by atoms with Crippen LogP contribution in [0.25, 0.3) is 11.1 Å². The van der Waals surface area contributed by atoms with E-state index in [1.54, 1.807) is 43.4 Å². The molecule has 146 valence electrons. The van der Waals surface area contributed by atoms with Crippen molar-refractivity contribution in [1.29, 1.82) is 0 Å². The van der Waals surface area contributed by atoms with Gasteiger partial charge in [0.1, 0.15) is 0 Å². The Balaban J connectivity index is 1.54. The maximum Gasteiger partial charge on any atom is 0.419 e. The third-order valence-corrected chi connectivity index (χ3v) is 4.35. The summed E-state index contributed by atoms with van der Waals surface area (Å²) < 4.78 is 11.4. The van der Waals surface area contributed by atoms with Gasteiger partial charge in [0.05, 0.1) is 12.6 Å². The van der Waals surface area contributed by atoms with Crippen molar-refractivity contribution >= 4 is 34.5 Å². The molecule has 3 aromatic rings. The number of fused-ring (bicyclic) bond motifs is 1. The minimum absolute atomic E-state index is 0.157. The van der Waals surface area contributed by atoms with Gasteiger partial charge in [0, 0.05) is 31.4 Å². The first kappa shape index (κ1) is 19.2. The summed E-state index contributed by atoms with van der Waals surface area (Å²) in [5.74, 6) is -0.582. The van der Waals surface area contributed by atoms with E-state index >= 15 is 0 Å². The highest BCUT2D eigenvalue weighted by Crippen LogP contribution is 2.18. The summed E-state index contributed by atoms with van der Waals surface area (Å²) in [6.45, 7) is 0.395. The molecule has 2 aromatic carbocycles. The number of methoxy groups -OCH3 is 1. The summed E-state index contributed by atoms with van der Waals surface area (Å²) in [6, 6.07) is 14.0. The molecule has 1 N–H and O–H groups in total. The SMILES string of the molecule is COC(=O)N(C)c1ccc(NC(=O)CCCn2c(=O)oc3ccccc32)cc1. The Morgan fingerprint density at radius 2 is 1.86 bits per heavy atom. The molecule has 8 nitrogen and oxygen atoms in total. The van der Waals surface area contributed by atoms with Crippen molar-refractivity contribution in [2.45, 2.75) is 19.4 Å². The zero-order chi connectivity index (χ0) is 20.1. The first-order valence-corrected chi connectivity index (χ1v) is 8.79. The van der Waals surface area contributed by atoms with Crippen molar-refractivity contribution in [3.63, 3.8) is 0 Å². The van der Waals surface area contributed by atoms with E-state index in [0.29, 0.717) is 29.9 Å². The van der Waals surface area contributed by atoms with Gasteiger partial charge in [-0.15, -0.1) is 0 Å². The number of hydrogen-bond donors (Lipinski definition) is 1. The Bertz CT molecular complexity index is 1040. The molecular formula is C20H21N3O5. The lowest BCUT2D eigenvalue weighted by atomic mass is 10.2. The molecule has 3 rings (SSSR count). The number of nitrogens with zero attached hydrogens (tertiary/aromatic N) is 2. The summed E-state index contributed by atoms with van der Waals surface area (Å²) in [5.41, 5.74) is 2.53. The highest BCUT2D eigenvalue weighted by molar-refractivity contribution is 5.91. The van der Waals surface area contributed by atoms with Crippen LogP contribution in [-0.4, -0.2) is 30.7 Å². The number of benzene rings is 2.